The fraction of sp³-hybridized carbons (Fsp3) is 0.579. The number of benzene rings is 1. The third-order valence-corrected chi connectivity index (χ3v) is 4.95. The summed E-state index contributed by atoms with van der Waals surface area (Å²) in [6, 6.07) is 6.56. The summed E-state index contributed by atoms with van der Waals surface area (Å²) in [7, 11) is 0. The van der Waals surface area contributed by atoms with Gasteiger partial charge in [0.1, 0.15) is 0 Å². The molecule has 1 aliphatic carbocycles. The average molecular weight is 335 g/mol. The smallest absolute Gasteiger partial charge is 0.0250 e. The summed E-state index contributed by atoms with van der Waals surface area (Å²) >= 11 is 3.65. The van der Waals surface area contributed by atoms with E-state index in [1.54, 1.807) is 5.57 Å². The van der Waals surface area contributed by atoms with Crippen LogP contribution in [0.2, 0.25) is 0 Å². The molecule has 1 aliphatic rings. The molecule has 2 rings (SSSR count). The molecule has 0 saturated carbocycles. The SMILES string of the molecule is CCCCCCCCCCC1=Cc2c(Br)cccc2C1. The summed E-state index contributed by atoms with van der Waals surface area (Å²) in [5.41, 5.74) is 4.54. The van der Waals surface area contributed by atoms with Gasteiger partial charge in [-0.05, 0) is 36.5 Å². The number of allylic oxidation sites excluding steroid dienone is 1. The maximum Gasteiger partial charge on any atom is 0.0250 e. The molecule has 0 atom stereocenters. The molecule has 0 fully saturated rings. The van der Waals surface area contributed by atoms with E-state index in [0.29, 0.717) is 0 Å². The fourth-order valence-corrected chi connectivity index (χ4v) is 3.57. The third kappa shape index (κ3) is 4.77. The zero-order chi connectivity index (χ0) is 14.2. The molecule has 0 bridgehead atoms. The molecule has 0 aromatic heterocycles. The maximum atomic E-state index is 3.65. The van der Waals surface area contributed by atoms with Gasteiger partial charge in [-0.1, -0.05) is 91.6 Å². The Hall–Kier alpha value is -0.560. The Morgan fingerprint density at radius 1 is 0.950 bits per heavy atom. The molecule has 1 aromatic carbocycles. The van der Waals surface area contributed by atoms with Crippen molar-refractivity contribution in [2.75, 3.05) is 0 Å². The van der Waals surface area contributed by atoms with Crippen LogP contribution >= 0.6 is 15.9 Å². The van der Waals surface area contributed by atoms with E-state index in [4.69, 9.17) is 0 Å². The van der Waals surface area contributed by atoms with Crippen LogP contribution in [-0.2, 0) is 6.42 Å². The Labute approximate surface area is 132 Å². The van der Waals surface area contributed by atoms with Gasteiger partial charge in [0.2, 0.25) is 0 Å². The first-order chi connectivity index (χ1) is 9.81. The normalized spacial score (nSPS) is 13.4. The molecule has 0 unspecified atom stereocenters. The van der Waals surface area contributed by atoms with Crippen molar-refractivity contribution in [1.82, 2.24) is 0 Å². The van der Waals surface area contributed by atoms with Crippen LogP contribution in [0, 0.1) is 0 Å². The summed E-state index contributed by atoms with van der Waals surface area (Å²) in [5, 5.41) is 0. The number of hydrogen-bond acceptors (Lipinski definition) is 0. The minimum absolute atomic E-state index is 1.17. The van der Waals surface area contributed by atoms with Gasteiger partial charge in [-0.15, -0.1) is 0 Å². The van der Waals surface area contributed by atoms with Gasteiger partial charge >= 0.3 is 0 Å². The highest BCUT2D eigenvalue weighted by molar-refractivity contribution is 9.10. The molecular weight excluding hydrogens is 308 g/mol. The second-order valence-electron chi connectivity index (χ2n) is 6.02. The summed E-state index contributed by atoms with van der Waals surface area (Å²) in [4.78, 5) is 0. The van der Waals surface area contributed by atoms with Gasteiger partial charge in [0.25, 0.3) is 0 Å². The molecule has 0 nitrogen and oxygen atoms in total. The second-order valence-corrected chi connectivity index (χ2v) is 6.87. The van der Waals surface area contributed by atoms with Crippen LogP contribution in [-0.4, -0.2) is 0 Å². The molecule has 0 radical (unpaired) electrons. The first kappa shape index (κ1) is 15.8. The summed E-state index contributed by atoms with van der Waals surface area (Å²) in [6.07, 6.45) is 16.1. The predicted octanol–water partition coefficient (Wildman–Crippen LogP) is 6.92. The zero-order valence-corrected chi connectivity index (χ0v) is 14.3. The second kappa shape index (κ2) is 8.67. The molecule has 20 heavy (non-hydrogen) atoms. The van der Waals surface area contributed by atoms with E-state index in [0.717, 1.165) is 0 Å². The quantitative estimate of drug-likeness (QED) is 0.430. The van der Waals surface area contributed by atoms with Gasteiger partial charge in [-0.2, -0.15) is 0 Å². The van der Waals surface area contributed by atoms with Crippen LogP contribution in [0.25, 0.3) is 6.08 Å². The van der Waals surface area contributed by atoms with Gasteiger partial charge in [0.15, 0.2) is 0 Å². The van der Waals surface area contributed by atoms with Crippen molar-refractivity contribution in [1.29, 1.82) is 0 Å². The van der Waals surface area contributed by atoms with Gasteiger partial charge in [-0.25, -0.2) is 0 Å². The topological polar surface area (TPSA) is 0 Å². The number of unbranched alkanes of at least 4 members (excludes halogenated alkanes) is 7. The van der Waals surface area contributed by atoms with Crippen molar-refractivity contribution in [2.45, 2.75) is 71.1 Å². The van der Waals surface area contributed by atoms with Crippen molar-refractivity contribution in [3.63, 3.8) is 0 Å². The molecule has 0 aliphatic heterocycles. The number of halogens is 1. The van der Waals surface area contributed by atoms with Crippen LogP contribution in [0.1, 0.15) is 75.8 Å². The van der Waals surface area contributed by atoms with Crippen LogP contribution in [0.5, 0.6) is 0 Å². The standard InChI is InChI=1S/C19H27Br/c1-2-3-4-5-6-7-8-9-11-16-14-17-12-10-13-19(20)18(17)15-16/h10,12-13,15H,2-9,11,14H2,1H3. The van der Waals surface area contributed by atoms with Crippen LogP contribution in [0.3, 0.4) is 0 Å². The highest BCUT2D eigenvalue weighted by Crippen LogP contribution is 2.33. The van der Waals surface area contributed by atoms with Crippen molar-refractivity contribution >= 4 is 22.0 Å². The lowest BCUT2D eigenvalue weighted by atomic mass is 10.0. The summed E-state index contributed by atoms with van der Waals surface area (Å²) < 4.78 is 1.25. The Kier molecular flexibility index (Phi) is 6.86. The molecule has 1 heteroatoms. The molecule has 0 spiro atoms. The Morgan fingerprint density at radius 2 is 1.65 bits per heavy atom. The molecular formula is C19H27Br. The van der Waals surface area contributed by atoms with Crippen molar-refractivity contribution < 1.29 is 0 Å². The van der Waals surface area contributed by atoms with Gasteiger partial charge < -0.3 is 0 Å². The Bertz CT molecular complexity index is 445. The predicted molar refractivity (Wildman–Crippen MR) is 93.1 cm³/mol. The van der Waals surface area contributed by atoms with E-state index in [1.165, 1.54) is 79.8 Å². The lowest BCUT2D eigenvalue weighted by Crippen LogP contribution is -1.86. The van der Waals surface area contributed by atoms with E-state index in [1.807, 2.05) is 0 Å². The molecule has 0 amide bonds. The third-order valence-electron chi connectivity index (χ3n) is 4.26. The molecule has 1 aromatic rings. The van der Waals surface area contributed by atoms with Gasteiger partial charge in [-0.3, -0.25) is 0 Å². The molecule has 0 N–H and O–H groups in total. The van der Waals surface area contributed by atoms with Crippen LogP contribution in [0.15, 0.2) is 28.2 Å². The summed E-state index contributed by atoms with van der Waals surface area (Å²) in [6.45, 7) is 2.28. The zero-order valence-electron chi connectivity index (χ0n) is 12.8. The van der Waals surface area contributed by atoms with E-state index in [2.05, 4.69) is 47.1 Å². The monoisotopic (exact) mass is 334 g/mol. The minimum Gasteiger partial charge on any atom is -0.0654 e. The number of rotatable bonds is 9. The minimum atomic E-state index is 1.17. The highest BCUT2D eigenvalue weighted by atomic mass is 79.9. The van der Waals surface area contributed by atoms with E-state index >= 15 is 0 Å². The Morgan fingerprint density at radius 3 is 2.35 bits per heavy atom. The first-order valence-corrected chi connectivity index (χ1v) is 9.07. The van der Waals surface area contributed by atoms with Crippen molar-refractivity contribution in [2.24, 2.45) is 0 Å². The van der Waals surface area contributed by atoms with Gasteiger partial charge in [0.05, 0.1) is 0 Å². The van der Waals surface area contributed by atoms with E-state index in [-0.39, 0.29) is 0 Å². The molecule has 0 saturated heterocycles. The van der Waals surface area contributed by atoms with E-state index in [9.17, 15) is 0 Å². The van der Waals surface area contributed by atoms with Crippen molar-refractivity contribution in [3.05, 3.63) is 39.4 Å². The van der Waals surface area contributed by atoms with Crippen LogP contribution in [0.4, 0.5) is 0 Å². The van der Waals surface area contributed by atoms with E-state index < -0.39 is 0 Å². The largest absolute Gasteiger partial charge is 0.0654 e. The molecule has 0 heterocycles. The fourth-order valence-electron chi connectivity index (χ4n) is 3.04. The van der Waals surface area contributed by atoms with Crippen molar-refractivity contribution in [3.8, 4) is 0 Å². The lowest BCUT2D eigenvalue weighted by Gasteiger charge is -2.03. The number of hydrogen-bond donors (Lipinski definition) is 0. The highest BCUT2D eigenvalue weighted by Gasteiger charge is 2.13. The maximum absolute atomic E-state index is 3.65. The molecule has 110 valence electrons. The lowest BCUT2D eigenvalue weighted by molar-refractivity contribution is 0.574. The first-order valence-electron chi connectivity index (χ1n) is 8.28. The Balaban J connectivity index is 1.60. The summed E-state index contributed by atoms with van der Waals surface area (Å²) in [5.74, 6) is 0. The van der Waals surface area contributed by atoms with Gasteiger partial charge in [0, 0.05) is 4.47 Å². The van der Waals surface area contributed by atoms with Crippen LogP contribution < -0.4 is 0 Å². The number of fused-ring (bicyclic) bond motifs is 1. The average Bonchev–Trinajstić information content (AvgIpc) is 2.86.